The van der Waals surface area contributed by atoms with E-state index in [-0.39, 0.29) is 23.0 Å². The molecule has 12 heteroatoms. The average molecular weight is 464 g/mol. The van der Waals surface area contributed by atoms with Crippen molar-refractivity contribution in [3.8, 4) is 0 Å². The molecule has 1 saturated heterocycles. The summed E-state index contributed by atoms with van der Waals surface area (Å²) in [5.41, 5.74) is -0.206. The first-order valence-electron chi connectivity index (χ1n) is 9.57. The number of anilines is 1. The van der Waals surface area contributed by atoms with Gasteiger partial charge in [-0.15, -0.1) is 11.3 Å². The van der Waals surface area contributed by atoms with Crippen LogP contribution in [0.1, 0.15) is 33.9 Å². The summed E-state index contributed by atoms with van der Waals surface area (Å²) >= 11 is 7.67. The van der Waals surface area contributed by atoms with Crippen LogP contribution in [0.4, 0.5) is 19.0 Å². The summed E-state index contributed by atoms with van der Waals surface area (Å²) in [7, 11) is 0. The summed E-state index contributed by atoms with van der Waals surface area (Å²) in [5.74, 6) is -0.576. The van der Waals surface area contributed by atoms with Crippen molar-refractivity contribution in [1.82, 2.24) is 20.0 Å². The average Bonchev–Trinajstić information content (AvgIpc) is 3.36. The zero-order valence-electron chi connectivity index (χ0n) is 15.9. The van der Waals surface area contributed by atoms with E-state index < -0.39 is 24.2 Å². The monoisotopic (exact) mass is 463 g/mol. The van der Waals surface area contributed by atoms with E-state index in [4.69, 9.17) is 16.3 Å². The topological polar surface area (TPSA) is 71.4 Å². The number of nitrogens with one attached hydrogen (secondary N) is 2. The molecule has 0 aliphatic carbocycles. The highest BCUT2D eigenvalue weighted by atomic mass is 35.5. The molecule has 0 radical (unpaired) electrons. The van der Waals surface area contributed by atoms with Crippen molar-refractivity contribution in [2.24, 2.45) is 0 Å². The molecule has 2 aromatic rings. The summed E-state index contributed by atoms with van der Waals surface area (Å²) in [5, 5.41) is 11.4. The van der Waals surface area contributed by atoms with Gasteiger partial charge in [0.05, 0.1) is 19.3 Å². The lowest BCUT2D eigenvalue weighted by Crippen LogP contribution is -2.41. The molecule has 0 spiro atoms. The second-order valence-corrected chi connectivity index (χ2v) is 8.53. The van der Waals surface area contributed by atoms with Gasteiger partial charge in [-0.1, -0.05) is 17.7 Å². The van der Waals surface area contributed by atoms with Crippen LogP contribution in [-0.2, 0) is 4.74 Å². The molecule has 164 valence electrons. The molecule has 4 heterocycles. The van der Waals surface area contributed by atoms with Crippen molar-refractivity contribution >= 4 is 34.7 Å². The summed E-state index contributed by atoms with van der Waals surface area (Å²) in [6.07, 6.45) is -4.75. The van der Waals surface area contributed by atoms with E-state index in [0.29, 0.717) is 26.3 Å². The Labute approximate surface area is 180 Å². The van der Waals surface area contributed by atoms with Crippen molar-refractivity contribution in [1.29, 1.82) is 0 Å². The largest absolute Gasteiger partial charge is 0.410 e. The molecule has 0 bridgehead atoms. The third-order valence-electron chi connectivity index (χ3n) is 5.21. The van der Waals surface area contributed by atoms with Gasteiger partial charge in [-0.2, -0.15) is 18.3 Å². The molecule has 0 aromatic carbocycles. The molecule has 0 saturated carbocycles. The zero-order valence-corrected chi connectivity index (χ0v) is 17.5. The molecule has 7 nitrogen and oxygen atoms in total. The number of amides is 1. The maximum Gasteiger partial charge on any atom is 0.410 e. The van der Waals surface area contributed by atoms with Gasteiger partial charge in [0.25, 0.3) is 5.91 Å². The Hall–Kier alpha value is -1.82. The standard InChI is InChI=1S/C18H21ClF3N5O2S/c19-14-15(17(28)23-3-4-26-5-7-29-8-6-26)25-27-13(18(20,21)22)10-11(24-16(14)27)12-2-1-9-30-12/h1-2,9,11,13,24H,3-8,10H2,(H,23,28)/t11-,13-/m0/s1. The summed E-state index contributed by atoms with van der Waals surface area (Å²) in [6.45, 7) is 3.79. The molecular formula is C18H21ClF3N5O2S. The molecule has 1 fully saturated rings. The van der Waals surface area contributed by atoms with E-state index in [9.17, 15) is 18.0 Å². The SMILES string of the molecule is O=C(NCCN1CCOCC1)c1nn2c(c1Cl)N[C@H](c1cccs1)C[C@H]2C(F)(F)F. The predicted molar refractivity (Wildman–Crippen MR) is 107 cm³/mol. The number of carbonyl (C=O) groups is 1. The summed E-state index contributed by atoms with van der Waals surface area (Å²) in [6, 6.07) is 1.13. The minimum atomic E-state index is -4.52. The fraction of sp³-hybridized carbons (Fsp3) is 0.556. The number of morpholine rings is 1. The van der Waals surface area contributed by atoms with Crippen LogP contribution >= 0.6 is 22.9 Å². The van der Waals surface area contributed by atoms with E-state index in [1.165, 1.54) is 11.3 Å². The smallest absolute Gasteiger partial charge is 0.379 e. The minimum Gasteiger partial charge on any atom is -0.379 e. The lowest BCUT2D eigenvalue weighted by atomic mass is 10.0. The Kier molecular flexibility index (Phi) is 6.24. The third kappa shape index (κ3) is 4.43. The van der Waals surface area contributed by atoms with E-state index in [2.05, 4.69) is 20.6 Å². The van der Waals surface area contributed by atoms with E-state index >= 15 is 0 Å². The van der Waals surface area contributed by atoms with Gasteiger partial charge in [0.1, 0.15) is 10.8 Å². The Morgan fingerprint density at radius 2 is 2.17 bits per heavy atom. The maximum atomic E-state index is 13.7. The third-order valence-corrected chi connectivity index (χ3v) is 6.56. The van der Waals surface area contributed by atoms with Gasteiger partial charge < -0.3 is 15.4 Å². The van der Waals surface area contributed by atoms with Crippen LogP contribution in [0.5, 0.6) is 0 Å². The molecule has 2 aliphatic heterocycles. The lowest BCUT2D eigenvalue weighted by Gasteiger charge is -2.32. The fourth-order valence-corrected chi connectivity index (χ4v) is 4.70. The van der Waals surface area contributed by atoms with Crippen molar-refractivity contribution in [3.63, 3.8) is 0 Å². The van der Waals surface area contributed by atoms with Gasteiger partial charge in [-0.25, -0.2) is 4.68 Å². The Bertz CT molecular complexity index is 883. The minimum absolute atomic E-state index is 0.0157. The molecule has 30 heavy (non-hydrogen) atoms. The fourth-order valence-electron chi connectivity index (χ4n) is 3.65. The molecular weight excluding hydrogens is 443 g/mol. The highest BCUT2D eigenvalue weighted by Gasteiger charge is 2.48. The quantitative estimate of drug-likeness (QED) is 0.711. The van der Waals surface area contributed by atoms with Gasteiger partial charge in [0.2, 0.25) is 0 Å². The number of rotatable bonds is 5. The van der Waals surface area contributed by atoms with Gasteiger partial charge in [0, 0.05) is 37.5 Å². The lowest BCUT2D eigenvalue weighted by molar-refractivity contribution is -0.173. The molecule has 4 rings (SSSR count). The zero-order chi connectivity index (χ0) is 21.3. The number of fused-ring (bicyclic) bond motifs is 1. The van der Waals surface area contributed by atoms with Gasteiger partial charge in [-0.3, -0.25) is 9.69 Å². The van der Waals surface area contributed by atoms with Gasteiger partial charge in [0.15, 0.2) is 11.7 Å². The molecule has 2 aromatic heterocycles. The number of thiophene rings is 1. The normalized spacial score (nSPS) is 22.4. The van der Waals surface area contributed by atoms with Gasteiger partial charge >= 0.3 is 6.18 Å². The molecule has 0 unspecified atom stereocenters. The van der Waals surface area contributed by atoms with E-state index in [1.807, 2.05) is 0 Å². The number of alkyl halides is 3. The number of nitrogens with zero attached hydrogens (tertiary/aromatic N) is 3. The number of hydrogen-bond donors (Lipinski definition) is 2. The van der Waals surface area contributed by atoms with Crippen LogP contribution in [0.15, 0.2) is 17.5 Å². The number of halogens is 4. The second-order valence-electron chi connectivity index (χ2n) is 7.17. The number of carbonyl (C=O) groups excluding carboxylic acids is 1. The van der Waals surface area contributed by atoms with Crippen LogP contribution in [0.25, 0.3) is 0 Å². The Morgan fingerprint density at radius 1 is 1.40 bits per heavy atom. The highest BCUT2D eigenvalue weighted by Crippen LogP contribution is 2.46. The summed E-state index contributed by atoms with van der Waals surface area (Å²) in [4.78, 5) is 15.5. The second kappa shape index (κ2) is 8.74. The van der Waals surface area contributed by atoms with Crippen molar-refractivity contribution < 1.29 is 22.7 Å². The first-order chi connectivity index (χ1) is 14.3. The van der Waals surface area contributed by atoms with Crippen molar-refractivity contribution in [2.45, 2.75) is 24.7 Å². The Balaban J connectivity index is 1.51. The molecule has 1 amide bonds. The van der Waals surface area contributed by atoms with Crippen molar-refractivity contribution in [3.05, 3.63) is 33.1 Å². The van der Waals surface area contributed by atoms with Crippen molar-refractivity contribution in [2.75, 3.05) is 44.7 Å². The first-order valence-corrected chi connectivity index (χ1v) is 10.8. The Morgan fingerprint density at radius 3 is 2.83 bits per heavy atom. The van der Waals surface area contributed by atoms with Crippen LogP contribution in [0.2, 0.25) is 5.02 Å². The number of hydrogen-bond acceptors (Lipinski definition) is 6. The first kappa shape index (κ1) is 21.4. The van der Waals surface area contributed by atoms with Crippen LogP contribution in [0.3, 0.4) is 0 Å². The van der Waals surface area contributed by atoms with E-state index in [1.54, 1.807) is 17.5 Å². The highest BCUT2D eigenvalue weighted by molar-refractivity contribution is 7.10. The number of ether oxygens (including phenoxy) is 1. The molecule has 2 aliphatic rings. The summed E-state index contributed by atoms with van der Waals surface area (Å²) < 4.78 is 47.3. The van der Waals surface area contributed by atoms with E-state index in [0.717, 1.165) is 22.6 Å². The van der Waals surface area contributed by atoms with Gasteiger partial charge in [-0.05, 0) is 11.4 Å². The van der Waals surface area contributed by atoms with Crippen LogP contribution < -0.4 is 10.6 Å². The molecule has 2 atom stereocenters. The molecule has 2 N–H and O–H groups in total. The van der Waals surface area contributed by atoms with Crippen LogP contribution in [0, 0.1) is 0 Å². The predicted octanol–water partition coefficient (Wildman–Crippen LogP) is 3.32. The van der Waals surface area contributed by atoms with Crippen LogP contribution in [-0.4, -0.2) is 66.2 Å². The maximum absolute atomic E-state index is 13.7. The number of aromatic nitrogens is 2.